The molecule has 0 spiro atoms. The van der Waals surface area contributed by atoms with E-state index >= 15 is 0 Å². The highest BCUT2D eigenvalue weighted by Crippen LogP contribution is 2.37. The number of hydrogen-bond donors (Lipinski definition) is 3. The van der Waals surface area contributed by atoms with Crippen LogP contribution in [0.2, 0.25) is 0 Å². The van der Waals surface area contributed by atoms with Crippen LogP contribution in [0.5, 0.6) is 0 Å². The first-order chi connectivity index (χ1) is 14.7. The Bertz CT molecular complexity index is 1240. The second-order valence-corrected chi connectivity index (χ2v) is 7.83. The van der Waals surface area contributed by atoms with Crippen molar-refractivity contribution in [2.24, 2.45) is 0 Å². The molecule has 3 aromatic carbocycles. The first-order valence-electron chi connectivity index (χ1n) is 9.46. The number of carbonyl (C=O) groups is 1. The minimum atomic E-state index is -0.116. The molecule has 0 saturated carbocycles. The summed E-state index contributed by atoms with van der Waals surface area (Å²) in [6.45, 7) is 0. The third-order valence-corrected chi connectivity index (χ3v) is 5.53. The lowest BCUT2D eigenvalue weighted by Gasteiger charge is -2.15. The molecule has 0 saturated heterocycles. The zero-order chi connectivity index (χ0) is 20.5. The summed E-state index contributed by atoms with van der Waals surface area (Å²) < 4.78 is 0.982. The molecule has 5 nitrogen and oxygen atoms in total. The number of anilines is 2. The van der Waals surface area contributed by atoms with E-state index in [9.17, 15) is 4.79 Å². The molecule has 1 aliphatic rings. The van der Waals surface area contributed by atoms with Crippen LogP contribution in [-0.2, 0) is 4.79 Å². The molecule has 5 rings (SSSR count). The van der Waals surface area contributed by atoms with Gasteiger partial charge in [0.1, 0.15) is 0 Å². The summed E-state index contributed by atoms with van der Waals surface area (Å²) in [6, 6.07) is 23.6. The maximum atomic E-state index is 12.9. The summed E-state index contributed by atoms with van der Waals surface area (Å²) in [6.07, 6.45) is 3.52. The maximum absolute atomic E-state index is 12.9. The quantitative estimate of drug-likeness (QED) is 0.341. The number of nitrogens with one attached hydrogen (secondary N) is 3. The Morgan fingerprint density at radius 1 is 0.933 bits per heavy atom. The lowest BCUT2D eigenvalue weighted by Crippen LogP contribution is -2.10. The van der Waals surface area contributed by atoms with Crippen molar-refractivity contribution in [2.75, 3.05) is 10.6 Å². The van der Waals surface area contributed by atoms with E-state index in [4.69, 9.17) is 0 Å². The SMILES string of the molecule is O=C1Nc2ccccc2C1=C(Nc1ccc(-c2c[nH]cn2)cc1)c1ccc(Br)cc1. The van der Waals surface area contributed by atoms with E-state index < -0.39 is 0 Å². The first kappa shape index (κ1) is 18.4. The number of fused-ring (bicyclic) bond motifs is 1. The Hall–Kier alpha value is -3.64. The van der Waals surface area contributed by atoms with Crippen molar-refractivity contribution in [2.45, 2.75) is 0 Å². The van der Waals surface area contributed by atoms with Crippen molar-refractivity contribution in [3.05, 3.63) is 101 Å². The third-order valence-electron chi connectivity index (χ3n) is 5.00. The normalized spacial score (nSPS) is 14.2. The lowest BCUT2D eigenvalue weighted by molar-refractivity contribution is -0.110. The highest BCUT2D eigenvalue weighted by Gasteiger charge is 2.28. The number of carbonyl (C=O) groups excluding carboxylic acids is 1. The van der Waals surface area contributed by atoms with E-state index in [-0.39, 0.29) is 5.91 Å². The minimum Gasteiger partial charge on any atom is -0.354 e. The molecule has 0 unspecified atom stereocenters. The number of halogens is 1. The topological polar surface area (TPSA) is 69.8 Å². The molecule has 1 amide bonds. The highest BCUT2D eigenvalue weighted by molar-refractivity contribution is 9.10. The number of aromatic amines is 1. The van der Waals surface area contributed by atoms with Gasteiger partial charge >= 0.3 is 0 Å². The van der Waals surface area contributed by atoms with E-state index in [1.807, 2.05) is 79.0 Å². The largest absolute Gasteiger partial charge is 0.354 e. The molecule has 4 aromatic rings. The number of nitrogens with zero attached hydrogens (tertiary/aromatic N) is 1. The molecule has 0 radical (unpaired) electrons. The molecule has 0 fully saturated rings. The predicted octanol–water partition coefficient (Wildman–Crippen LogP) is 5.77. The molecule has 30 heavy (non-hydrogen) atoms. The van der Waals surface area contributed by atoms with Crippen molar-refractivity contribution < 1.29 is 4.79 Å². The van der Waals surface area contributed by atoms with Crippen LogP contribution in [-0.4, -0.2) is 15.9 Å². The fourth-order valence-electron chi connectivity index (χ4n) is 3.55. The van der Waals surface area contributed by atoms with Crippen LogP contribution >= 0.6 is 15.9 Å². The molecule has 1 aromatic heterocycles. The predicted molar refractivity (Wildman–Crippen MR) is 124 cm³/mol. The van der Waals surface area contributed by atoms with E-state index in [0.29, 0.717) is 5.57 Å². The van der Waals surface area contributed by atoms with Crippen LogP contribution < -0.4 is 10.6 Å². The minimum absolute atomic E-state index is 0.116. The zero-order valence-corrected chi connectivity index (χ0v) is 17.4. The van der Waals surface area contributed by atoms with Gasteiger partial charge in [-0.3, -0.25) is 4.79 Å². The van der Waals surface area contributed by atoms with Crippen LogP contribution in [0.15, 0.2) is 89.8 Å². The van der Waals surface area contributed by atoms with Gasteiger partial charge in [0.05, 0.1) is 23.3 Å². The Morgan fingerprint density at radius 2 is 1.70 bits per heavy atom. The summed E-state index contributed by atoms with van der Waals surface area (Å²) in [5.41, 5.74) is 6.82. The van der Waals surface area contributed by atoms with Gasteiger partial charge in [0, 0.05) is 33.2 Å². The van der Waals surface area contributed by atoms with Gasteiger partial charge < -0.3 is 15.6 Å². The van der Waals surface area contributed by atoms with Crippen LogP contribution in [0.25, 0.3) is 22.5 Å². The van der Waals surface area contributed by atoms with E-state index in [2.05, 4.69) is 36.5 Å². The Labute approximate surface area is 182 Å². The fraction of sp³-hybridized carbons (Fsp3) is 0. The smallest absolute Gasteiger partial charge is 0.258 e. The molecule has 146 valence electrons. The number of H-pyrrole nitrogens is 1. The van der Waals surface area contributed by atoms with Crippen molar-refractivity contribution in [3.8, 4) is 11.3 Å². The molecule has 6 heteroatoms. The molecule has 0 bridgehead atoms. The van der Waals surface area contributed by atoms with Gasteiger partial charge in [-0.05, 0) is 35.9 Å². The summed E-state index contributed by atoms with van der Waals surface area (Å²) in [5.74, 6) is -0.116. The van der Waals surface area contributed by atoms with Gasteiger partial charge in [-0.15, -0.1) is 0 Å². The summed E-state index contributed by atoms with van der Waals surface area (Å²) in [4.78, 5) is 20.1. The molecule has 1 aliphatic heterocycles. The van der Waals surface area contributed by atoms with Crippen LogP contribution in [0, 0.1) is 0 Å². The summed E-state index contributed by atoms with van der Waals surface area (Å²) >= 11 is 3.49. The van der Waals surface area contributed by atoms with Gasteiger partial charge in [-0.2, -0.15) is 0 Å². The average Bonchev–Trinajstić information content (AvgIpc) is 3.41. The Balaban J connectivity index is 1.59. The fourth-order valence-corrected chi connectivity index (χ4v) is 3.81. The Morgan fingerprint density at radius 3 is 2.43 bits per heavy atom. The zero-order valence-electron chi connectivity index (χ0n) is 15.8. The van der Waals surface area contributed by atoms with Crippen LogP contribution in [0.4, 0.5) is 11.4 Å². The number of hydrogen-bond acceptors (Lipinski definition) is 3. The van der Waals surface area contributed by atoms with Crippen molar-refractivity contribution in [1.29, 1.82) is 0 Å². The number of rotatable bonds is 4. The molecular weight excluding hydrogens is 440 g/mol. The van der Waals surface area contributed by atoms with E-state index in [1.54, 1.807) is 6.33 Å². The molecular formula is C24H17BrN4O. The number of benzene rings is 3. The lowest BCUT2D eigenvalue weighted by atomic mass is 10.00. The maximum Gasteiger partial charge on any atom is 0.258 e. The van der Waals surface area contributed by atoms with Crippen LogP contribution in [0.1, 0.15) is 11.1 Å². The average molecular weight is 457 g/mol. The Kier molecular flexibility index (Phi) is 4.69. The second kappa shape index (κ2) is 7.65. The number of para-hydroxylation sites is 1. The standard InChI is InChI=1S/C24H17BrN4O/c25-17-9-5-16(6-10-17)23(22-19-3-1-2-4-20(19)29-24(22)30)28-18-11-7-15(8-12-18)21-13-26-14-27-21/h1-14,28H,(H,26,27)(H,29,30). The number of amides is 1. The highest BCUT2D eigenvalue weighted by atomic mass is 79.9. The molecule has 2 heterocycles. The molecule has 0 atom stereocenters. The van der Waals surface area contributed by atoms with Gasteiger partial charge in [0.2, 0.25) is 0 Å². The first-order valence-corrected chi connectivity index (χ1v) is 10.3. The molecule has 3 N–H and O–H groups in total. The van der Waals surface area contributed by atoms with Gasteiger partial charge in [0.15, 0.2) is 0 Å². The second-order valence-electron chi connectivity index (χ2n) is 6.91. The summed E-state index contributed by atoms with van der Waals surface area (Å²) in [5, 5.41) is 6.44. The van der Waals surface area contributed by atoms with Crippen molar-refractivity contribution >= 4 is 44.5 Å². The van der Waals surface area contributed by atoms with Gasteiger partial charge in [-0.1, -0.05) is 58.4 Å². The third kappa shape index (κ3) is 3.42. The summed E-state index contributed by atoms with van der Waals surface area (Å²) in [7, 11) is 0. The van der Waals surface area contributed by atoms with Crippen LogP contribution in [0.3, 0.4) is 0 Å². The van der Waals surface area contributed by atoms with Gasteiger partial charge in [-0.25, -0.2) is 4.98 Å². The van der Waals surface area contributed by atoms with E-state index in [0.717, 1.165) is 43.9 Å². The van der Waals surface area contributed by atoms with Crippen molar-refractivity contribution in [1.82, 2.24) is 9.97 Å². The monoisotopic (exact) mass is 456 g/mol. The van der Waals surface area contributed by atoms with Gasteiger partial charge in [0.25, 0.3) is 5.91 Å². The van der Waals surface area contributed by atoms with Crippen molar-refractivity contribution in [3.63, 3.8) is 0 Å². The number of imidazole rings is 1. The number of aromatic nitrogens is 2. The van der Waals surface area contributed by atoms with E-state index in [1.165, 1.54) is 0 Å². The molecule has 0 aliphatic carbocycles.